The summed E-state index contributed by atoms with van der Waals surface area (Å²) in [5, 5.41) is 6.11. The number of hydrogen-bond acceptors (Lipinski definition) is 4. The SMILES string of the molecule is NC(CCC1CC1)(c1ccncc1)c1ccc(F)c(NC(=O)C2CC(c3ccccc3)CN2)c1. The Kier molecular flexibility index (Phi) is 6.44. The lowest BCUT2D eigenvalue weighted by Gasteiger charge is -2.31. The molecule has 0 spiro atoms. The molecule has 1 amide bonds. The fourth-order valence-corrected chi connectivity index (χ4v) is 4.98. The van der Waals surface area contributed by atoms with Crippen LogP contribution in [-0.2, 0) is 10.3 Å². The molecule has 1 saturated carbocycles. The van der Waals surface area contributed by atoms with Gasteiger partial charge in [0, 0.05) is 18.9 Å². The van der Waals surface area contributed by atoms with Crippen LogP contribution in [0, 0.1) is 11.7 Å². The predicted molar refractivity (Wildman–Crippen MR) is 132 cm³/mol. The van der Waals surface area contributed by atoms with Gasteiger partial charge >= 0.3 is 0 Å². The Morgan fingerprint density at radius 1 is 1.09 bits per heavy atom. The fourth-order valence-electron chi connectivity index (χ4n) is 4.98. The van der Waals surface area contributed by atoms with Crippen molar-refractivity contribution in [2.75, 3.05) is 11.9 Å². The smallest absolute Gasteiger partial charge is 0.241 e. The number of anilines is 1. The molecule has 1 aliphatic carbocycles. The van der Waals surface area contributed by atoms with Crippen molar-refractivity contribution in [3.05, 3.63) is 95.6 Å². The number of nitrogens with zero attached hydrogens (tertiary/aromatic N) is 1. The van der Waals surface area contributed by atoms with Crippen LogP contribution in [0.4, 0.5) is 10.1 Å². The van der Waals surface area contributed by atoms with E-state index in [-0.39, 0.29) is 23.6 Å². The van der Waals surface area contributed by atoms with Crippen molar-refractivity contribution >= 4 is 11.6 Å². The Morgan fingerprint density at radius 2 is 1.85 bits per heavy atom. The Bertz CT molecular complexity index is 1140. The molecule has 1 aromatic heterocycles. The summed E-state index contributed by atoms with van der Waals surface area (Å²) < 4.78 is 14.8. The van der Waals surface area contributed by atoms with E-state index in [1.165, 1.54) is 24.5 Å². The predicted octanol–water partition coefficient (Wildman–Crippen LogP) is 4.70. The van der Waals surface area contributed by atoms with Crippen molar-refractivity contribution in [2.45, 2.75) is 49.6 Å². The van der Waals surface area contributed by atoms with Gasteiger partial charge < -0.3 is 16.4 Å². The lowest BCUT2D eigenvalue weighted by Crippen LogP contribution is -2.39. The number of nitrogens with one attached hydrogen (secondary N) is 2. The summed E-state index contributed by atoms with van der Waals surface area (Å²) >= 11 is 0. The van der Waals surface area contributed by atoms with Gasteiger partial charge in [-0.25, -0.2) is 4.39 Å². The molecular formula is C28H31FN4O. The highest BCUT2D eigenvalue weighted by atomic mass is 19.1. The minimum atomic E-state index is -0.775. The van der Waals surface area contributed by atoms with Crippen LogP contribution in [0.25, 0.3) is 0 Å². The maximum absolute atomic E-state index is 14.8. The molecule has 3 aromatic rings. The van der Waals surface area contributed by atoms with Gasteiger partial charge in [0.1, 0.15) is 5.82 Å². The van der Waals surface area contributed by atoms with E-state index in [0.29, 0.717) is 6.42 Å². The lowest BCUT2D eigenvalue weighted by atomic mass is 9.79. The quantitative estimate of drug-likeness (QED) is 0.457. The van der Waals surface area contributed by atoms with Crippen molar-refractivity contribution in [1.82, 2.24) is 10.3 Å². The monoisotopic (exact) mass is 458 g/mol. The maximum atomic E-state index is 14.8. The van der Waals surface area contributed by atoms with Crippen LogP contribution < -0.4 is 16.4 Å². The number of rotatable bonds is 8. The molecular weight excluding hydrogens is 427 g/mol. The molecule has 2 fully saturated rings. The van der Waals surface area contributed by atoms with Gasteiger partial charge in [0.15, 0.2) is 0 Å². The first-order chi connectivity index (χ1) is 16.5. The molecule has 34 heavy (non-hydrogen) atoms. The van der Waals surface area contributed by atoms with Crippen LogP contribution in [0.2, 0.25) is 0 Å². The first-order valence-corrected chi connectivity index (χ1v) is 12.1. The number of halogens is 1. The summed E-state index contributed by atoms with van der Waals surface area (Å²) in [7, 11) is 0. The molecule has 1 saturated heterocycles. The first kappa shape index (κ1) is 22.7. The Balaban J connectivity index is 1.35. The third-order valence-corrected chi connectivity index (χ3v) is 7.30. The molecule has 176 valence electrons. The number of carbonyl (C=O) groups excluding carboxylic acids is 1. The van der Waals surface area contributed by atoms with Gasteiger partial charge in [0.2, 0.25) is 5.91 Å². The third-order valence-electron chi connectivity index (χ3n) is 7.30. The molecule has 2 aromatic carbocycles. The number of hydrogen-bond donors (Lipinski definition) is 3. The van der Waals surface area contributed by atoms with E-state index >= 15 is 0 Å². The summed E-state index contributed by atoms with van der Waals surface area (Å²) in [4.78, 5) is 17.1. The summed E-state index contributed by atoms with van der Waals surface area (Å²) in [6.45, 7) is 0.722. The van der Waals surface area contributed by atoms with Crippen LogP contribution >= 0.6 is 0 Å². The number of amides is 1. The van der Waals surface area contributed by atoms with E-state index in [2.05, 4.69) is 27.8 Å². The second-order valence-corrected chi connectivity index (χ2v) is 9.68. The molecule has 6 heteroatoms. The number of benzene rings is 2. The highest BCUT2D eigenvalue weighted by Crippen LogP contribution is 2.40. The molecule has 1 aliphatic heterocycles. The van der Waals surface area contributed by atoms with Crippen LogP contribution in [0.1, 0.15) is 54.7 Å². The first-order valence-electron chi connectivity index (χ1n) is 12.1. The summed E-state index contributed by atoms with van der Waals surface area (Å²) in [5.74, 6) is 0.294. The van der Waals surface area contributed by atoms with Crippen molar-refractivity contribution in [3.63, 3.8) is 0 Å². The lowest BCUT2D eigenvalue weighted by molar-refractivity contribution is -0.117. The van der Waals surface area contributed by atoms with E-state index in [0.717, 1.165) is 36.4 Å². The van der Waals surface area contributed by atoms with Gasteiger partial charge in [-0.1, -0.05) is 49.2 Å². The second-order valence-electron chi connectivity index (χ2n) is 9.68. The zero-order valence-corrected chi connectivity index (χ0v) is 19.2. The number of aromatic nitrogens is 1. The van der Waals surface area contributed by atoms with Gasteiger partial charge in [-0.05, 0) is 72.1 Å². The van der Waals surface area contributed by atoms with E-state index in [4.69, 9.17) is 5.73 Å². The molecule has 0 radical (unpaired) electrons. The van der Waals surface area contributed by atoms with E-state index in [1.54, 1.807) is 24.5 Å². The standard InChI is InChI=1S/C28H31FN4O/c29-24-9-8-23(28(30,13-10-19-6-7-19)22-11-14-31-15-12-22)17-25(24)33-27(34)26-16-21(18-32-26)20-4-2-1-3-5-20/h1-5,8-9,11-12,14-15,17,19,21,26,32H,6-7,10,13,16,18,30H2,(H,33,34). The Labute approximate surface area is 200 Å². The maximum Gasteiger partial charge on any atom is 0.241 e. The largest absolute Gasteiger partial charge is 0.322 e. The summed E-state index contributed by atoms with van der Waals surface area (Å²) in [6.07, 6.45) is 8.40. The fraction of sp³-hybridized carbons (Fsp3) is 0.357. The molecule has 2 aliphatic rings. The van der Waals surface area contributed by atoms with Gasteiger partial charge in [-0.3, -0.25) is 9.78 Å². The molecule has 0 bridgehead atoms. The molecule has 3 unspecified atom stereocenters. The van der Waals surface area contributed by atoms with Crippen molar-refractivity contribution in [3.8, 4) is 0 Å². The van der Waals surface area contributed by atoms with Gasteiger partial charge in [-0.15, -0.1) is 0 Å². The van der Waals surface area contributed by atoms with Gasteiger partial charge in [0.05, 0.1) is 17.3 Å². The number of carbonyl (C=O) groups is 1. The van der Waals surface area contributed by atoms with Crippen LogP contribution in [-0.4, -0.2) is 23.5 Å². The average molecular weight is 459 g/mol. The molecule has 4 N–H and O–H groups in total. The molecule has 2 heterocycles. The number of pyridine rings is 1. The topological polar surface area (TPSA) is 80.0 Å². The van der Waals surface area contributed by atoms with Crippen molar-refractivity contribution in [1.29, 1.82) is 0 Å². The minimum Gasteiger partial charge on any atom is -0.322 e. The van der Waals surface area contributed by atoms with E-state index in [1.807, 2.05) is 30.3 Å². The van der Waals surface area contributed by atoms with E-state index < -0.39 is 11.4 Å². The van der Waals surface area contributed by atoms with Gasteiger partial charge in [0.25, 0.3) is 0 Å². The Morgan fingerprint density at radius 3 is 2.59 bits per heavy atom. The third kappa shape index (κ3) is 4.88. The molecule has 3 atom stereocenters. The number of nitrogens with two attached hydrogens (primary N) is 1. The Hall–Kier alpha value is -3.09. The zero-order chi connectivity index (χ0) is 23.5. The second kappa shape index (κ2) is 9.65. The minimum absolute atomic E-state index is 0.169. The molecule has 5 rings (SSSR count). The average Bonchev–Trinajstić information content (AvgIpc) is 3.58. The van der Waals surface area contributed by atoms with Crippen molar-refractivity contribution in [2.24, 2.45) is 11.7 Å². The van der Waals surface area contributed by atoms with Crippen LogP contribution in [0.3, 0.4) is 0 Å². The van der Waals surface area contributed by atoms with Crippen LogP contribution in [0.15, 0.2) is 73.1 Å². The van der Waals surface area contributed by atoms with Gasteiger partial charge in [-0.2, -0.15) is 0 Å². The summed E-state index contributed by atoms with van der Waals surface area (Å²) in [5.41, 5.74) is 9.33. The highest BCUT2D eigenvalue weighted by molar-refractivity contribution is 5.95. The van der Waals surface area contributed by atoms with Crippen LogP contribution in [0.5, 0.6) is 0 Å². The zero-order valence-electron chi connectivity index (χ0n) is 19.2. The molecule has 5 nitrogen and oxygen atoms in total. The highest BCUT2D eigenvalue weighted by Gasteiger charge is 2.34. The van der Waals surface area contributed by atoms with Crippen molar-refractivity contribution < 1.29 is 9.18 Å². The van der Waals surface area contributed by atoms with E-state index in [9.17, 15) is 9.18 Å². The summed E-state index contributed by atoms with van der Waals surface area (Å²) in [6, 6.07) is 18.5. The normalized spacial score (nSPS) is 21.7.